The molecule has 0 aromatic heterocycles. The van der Waals surface area contributed by atoms with E-state index in [-0.39, 0.29) is 17.5 Å². The number of likely N-dealkylation sites (N-methyl/N-ethyl adjacent to an activating group) is 1. The van der Waals surface area contributed by atoms with Crippen LogP contribution in [-0.2, 0) is 15.2 Å². The summed E-state index contributed by atoms with van der Waals surface area (Å²) in [4.78, 5) is 39.9. The average Bonchev–Trinajstić information content (AvgIpc) is 2.68. The Balaban J connectivity index is 2.05. The number of rotatable bonds is 2. The first-order valence-electron chi connectivity index (χ1n) is 9.97. The van der Waals surface area contributed by atoms with E-state index in [0.717, 1.165) is 0 Å². The van der Waals surface area contributed by atoms with Crippen molar-refractivity contribution in [3.63, 3.8) is 0 Å². The Morgan fingerprint density at radius 3 is 2.34 bits per heavy atom. The van der Waals surface area contributed by atoms with Gasteiger partial charge in [-0.1, -0.05) is 12.1 Å². The molecule has 0 saturated carbocycles. The molecule has 3 aliphatic rings. The van der Waals surface area contributed by atoms with Crippen molar-refractivity contribution in [1.82, 2.24) is 4.90 Å². The molecule has 1 aromatic carbocycles. The fourth-order valence-corrected chi connectivity index (χ4v) is 5.51. The Bertz CT molecular complexity index is 1150. The van der Waals surface area contributed by atoms with E-state index in [4.69, 9.17) is 5.73 Å². The van der Waals surface area contributed by atoms with Crippen LogP contribution in [0.15, 0.2) is 40.9 Å². The number of benzene rings is 1. The fraction of sp³-hybridized carbons (Fsp3) is 0.409. The highest BCUT2D eigenvalue weighted by Gasteiger charge is 2.65. The van der Waals surface area contributed by atoms with E-state index in [0.29, 0.717) is 0 Å². The van der Waals surface area contributed by atoms with Gasteiger partial charge < -0.3 is 31.3 Å². The summed E-state index contributed by atoms with van der Waals surface area (Å²) in [5, 5.41) is 55.0. The Morgan fingerprint density at radius 2 is 1.78 bits per heavy atom. The van der Waals surface area contributed by atoms with Crippen LogP contribution in [0.3, 0.4) is 0 Å². The van der Waals surface area contributed by atoms with Crippen molar-refractivity contribution in [3.8, 4) is 5.75 Å². The maximum atomic E-state index is 13.3. The molecule has 10 heteroatoms. The van der Waals surface area contributed by atoms with Gasteiger partial charge >= 0.3 is 0 Å². The Labute approximate surface area is 182 Å². The van der Waals surface area contributed by atoms with E-state index in [1.54, 1.807) is 0 Å². The minimum atomic E-state index is -2.75. The lowest BCUT2D eigenvalue weighted by atomic mass is 9.55. The van der Waals surface area contributed by atoms with Gasteiger partial charge in [-0.3, -0.25) is 19.3 Å². The zero-order chi connectivity index (χ0) is 23.9. The number of ketones is 2. The van der Waals surface area contributed by atoms with Crippen LogP contribution < -0.4 is 5.73 Å². The number of carbonyl (C=O) groups excluding carboxylic acids is 3. The molecule has 10 nitrogen and oxygen atoms in total. The van der Waals surface area contributed by atoms with Crippen molar-refractivity contribution < 1.29 is 39.9 Å². The molecule has 1 unspecified atom stereocenters. The Morgan fingerprint density at radius 1 is 1.16 bits per heavy atom. The van der Waals surface area contributed by atoms with Crippen LogP contribution in [-0.4, -0.2) is 73.6 Å². The molecule has 32 heavy (non-hydrogen) atoms. The summed E-state index contributed by atoms with van der Waals surface area (Å²) in [7, 11) is 3.06. The first kappa shape index (κ1) is 22.0. The molecule has 0 aliphatic heterocycles. The molecular weight excluding hydrogens is 420 g/mol. The smallest absolute Gasteiger partial charge is 0.255 e. The number of carbonyl (C=O) groups is 3. The van der Waals surface area contributed by atoms with Gasteiger partial charge in [-0.15, -0.1) is 0 Å². The van der Waals surface area contributed by atoms with Crippen molar-refractivity contribution in [2.75, 3.05) is 14.1 Å². The van der Waals surface area contributed by atoms with Crippen LogP contribution >= 0.6 is 0 Å². The standard InChI is InChI=1S/C22H24N2O8/c1-21(31)8-5-4-6-11(25)12(8)16(26)13-9(21)7-10-15(24(2)3)17(27)14(20(23)30)19(29)22(10,32)18(13)28/h4-6,9-10,15,25,27-28,31-32H,7H2,1-3H3,(H2,23,30)/t9-,10-,15?,21+,22-/m0/s1. The van der Waals surface area contributed by atoms with Gasteiger partial charge in [-0.25, -0.2) is 0 Å². The van der Waals surface area contributed by atoms with Crippen LogP contribution in [0.4, 0.5) is 0 Å². The first-order valence-corrected chi connectivity index (χ1v) is 9.97. The largest absolute Gasteiger partial charge is 0.510 e. The summed E-state index contributed by atoms with van der Waals surface area (Å²) in [5.74, 6) is -7.89. The fourth-order valence-electron chi connectivity index (χ4n) is 5.51. The molecule has 5 atom stereocenters. The van der Waals surface area contributed by atoms with Crippen molar-refractivity contribution >= 4 is 17.5 Å². The second-order valence-corrected chi connectivity index (χ2v) is 8.96. The molecule has 0 fully saturated rings. The molecule has 0 spiro atoms. The van der Waals surface area contributed by atoms with Crippen LogP contribution in [0.5, 0.6) is 5.75 Å². The predicted molar refractivity (Wildman–Crippen MR) is 110 cm³/mol. The number of phenolic OH excluding ortho intramolecular Hbond substituents is 1. The van der Waals surface area contributed by atoms with Crippen LogP contribution in [0.1, 0.15) is 29.3 Å². The van der Waals surface area contributed by atoms with Gasteiger partial charge in [0.05, 0.1) is 17.2 Å². The van der Waals surface area contributed by atoms with Crippen molar-refractivity contribution in [2.24, 2.45) is 17.6 Å². The second kappa shape index (κ2) is 6.64. The number of nitrogens with zero attached hydrogens (tertiary/aromatic N) is 1. The zero-order valence-electron chi connectivity index (χ0n) is 17.7. The molecule has 3 aliphatic carbocycles. The van der Waals surface area contributed by atoms with Gasteiger partial charge in [0.1, 0.15) is 22.8 Å². The quantitative estimate of drug-likeness (QED) is 0.336. The van der Waals surface area contributed by atoms with Crippen molar-refractivity contribution in [3.05, 3.63) is 52.0 Å². The summed E-state index contributed by atoms with van der Waals surface area (Å²) in [6, 6.07) is 3.05. The Kier molecular flexibility index (Phi) is 4.57. The number of amides is 1. The highest BCUT2D eigenvalue weighted by atomic mass is 16.3. The highest BCUT2D eigenvalue weighted by Crippen LogP contribution is 2.56. The number of aliphatic hydroxyl groups excluding tert-OH is 2. The van der Waals surface area contributed by atoms with Crippen LogP contribution in [0.2, 0.25) is 0 Å². The van der Waals surface area contributed by atoms with Crippen LogP contribution in [0.25, 0.3) is 0 Å². The molecule has 1 aromatic rings. The van der Waals surface area contributed by atoms with E-state index >= 15 is 0 Å². The molecule has 4 rings (SSSR count). The van der Waals surface area contributed by atoms with Gasteiger partial charge in [-0.2, -0.15) is 0 Å². The van der Waals surface area contributed by atoms with E-state index in [1.165, 1.54) is 44.1 Å². The Hall–Kier alpha value is -3.21. The number of hydrogen-bond donors (Lipinski definition) is 6. The topological polar surface area (TPSA) is 182 Å². The second-order valence-electron chi connectivity index (χ2n) is 8.96. The minimum Gasteiger partial charge on any atom is -0.510 e. The summed E-state index contributed by atoms with van der Waals surface area (Å²) in [6.07, 6.45) is -0.200. The van der Waals surface area contributed by atoms with Gasteiger partial charge in [0.25, 0.3) is 5.91 Å². The molecule has 0 radical (unpaired) electrons. The average molecular weight is 444 g/mol. The van der Waals surface area contributed by atoms with Gasteiger partial charge in [-0.05, 0) is 39.1 Å². The predicted octanol–water partition coefficient (Wildman–Crippen LogP) is -0.214. The van der Waals surface area contributed by atoms with Crippen LogP contribution in [0, 0.1) is 11.8 Å². The summed E-state index contributed by atoms with van der Waals surface area (Å²) >= 11 is 0. The van der Waals surface area contributed by atoms with Gasteiger partial charge in [0.15, 0.2) is 11.4 Å². The maximum absolute atomic E-state index is 13.3. The number of Topliss-reactive ketones (excluding diaryl/α,β-unsaturated/α-hetero) is 2. The lowest BCUT2D eigenvalue weighted by molar-refractivity contribution is -0.151. The molecule has 7 N–H and O–H groups in total. The number of phenols is 1. The number of primary amides is 1. The number of aromatic hydroxyl groups is 1. The highest BCUT2D eigenvalue weighted by molar-refractivity contribution is 6.24. The summed E-state index contributed by atoms with van der Waals surface area (Å²) in [5.41, 5.74) is -0.654. The lowest BCUT2D eigenvalue weighted by Gasteiger charge is -2.52. The van der Waals surface area contributed by atoms with Crippen molar-refractivity contribution in [2.45, 2.75) is 30.6 Å². The zero-order valence-corrected chi connectivity index (χ0v) is 17.7. The van der Waals surface area contributed by atoms with E-state index in [9.17, 15) is 39.9 Å². The molecule has 0 bridgehead atoms. The molecule has 1 amide bonds. The third-order valence-electron chi connectivity index (χ3n) is 7.02. The molecule has 0 heterocycles. The number of hydrogen-bond acceptors (Lipinski definition) is 9. The number of fused-ring (bicyclic) bond motifs is 3. The molecule has 170 valence electrons. The number of aliphatic hydroxyl groups is 4. The molecular formula is C22H24N2O8. The third-order valence-corrected chi connectivity index (χ3v) is 7.02. The minimum absolute atomic E-state index is 0.135. The lowest BCUT2D eigenvalue weighted by Crippen LogP contribution is -2.65. The van der Waals surface area contributed by atoms with E-state index in [1.807, 2.05) is 0 Å². The van der Waals surface area contributed by atoms with Gasteiger partial charge in [0.2, 0.25) is 5.78 Å². The monoisotopic (exact) mass is 444 g/mol. The number of nitrogens with two attached hydrogens (primary N) is 1. The molecule has 0 saturated heterocycles. The van der Waals surface area contributed by atoms with E-state index in [2.05, 4.69) is 0 Å². The first-order chi connectivity index (χ1) is 14.8. The normalized spacial score (nSPS) is 34.4. The SMILES string of the molecule is CN(C)C1C(O)=C(C(N)=O)C(=O)[C@@]2(O)C(O)=C3C(=O)c4c(O)cccc4[C@@](C)(O)[C@H]3C[C@@H]12. The summed E-state index contributed by atoms with van der Waals surface area (Å²) < 4.78 is 0. The third kappa shape index (κ3) is 2.48. The summed E-state index contributed by atoms with van der Waals surface area (Å²) in [6.45, 7) is 1.40. The van der Waals surface area contributed by atoms with Crippen molar-refractivity contribution in [1.29, 1.82) is 0 Å². The van der Waals surface area contributed by atoms with Gasteiger partial charge in [0, 0.05) is 17.4 Å². The maximum Gasteiger partial charge on any atom is 0.255 e. The van der Waals surface area contributed by atoms with E-state index < -0.39 is 75.0 Å².